The molecule has 2 amide bonds. The molecule has 0 radical (unpaired) electrons. The van der Waals surface area contributed by atoms with Crippen LogP contribution in [0.25, 0.3) is 0 Å². The lowest BCUT2D eigenvalue weighted by Gasteiger charge is -2.46. The SMILES string of the molecule is CS(=O)(=O)NC1CCN(C(=O)NC2CCCC2)CC12CCN(Cc1cccs1)C2.O=C(O)C(F)(F)F. The van der Waals surface area contributed by atoms with Crippen LogP contribution in [0, 0.1) is 5.41 Å². The van der Waals surface area contributed by atoms with Crippen LogP contribution in [0.5, 0.6) is 0 Å². The standard InChI is InChI=1S/C20H32N4O3S2.C2HF3O2/c1-29(26,27)22-18-8-10-24(19(25)21-16-5-2-3-6-16)15-20(18)9-11-23(14-20)13-17-7-4-12-28-17;3-2(4,5)1(6)7/h4,7,12,16,18,22H,2-3,5-6,8-11,13-15H2,1H3,(H,21,25);(H,6,7). The molecule has 3 N–H and O–H groups in total. The number of carboxylic acid groups (broad SMARTS) is 1. The summed E-state index contributed by atoms with van der Waals surface area (Å²) in [5.41, 5.74) is -0.231. The predicted molar refractivity (Wildman–Crippen MR) is 129 cm³/mol. The summed E-state index contributed by atoms with van der Waals surface area (Å²) in [7, 11) is -3.30. The summed E-state index contributed by atoms with van der Waals surface area (Å²) in [5.74, 6) is -2.76. The molecule has 204 valence electrons. The number of carboxylic acids is 1. The molecule has 1 aromatic heterocycles. The number of hydrogen-bond donors (Lipinski definition) is 3. The van der Waals surface area contributed by atoms with Gasteiger partial charge in [0.15, 0.2) is 0 Å². The molecule has 2 unspecified atom stereocenters. The molecule has 3 aliphatic rings. The number of nitrogens with zero attached hydrogens (tertiary/aromatic N) is 2. The van der Waals surface area contributed by atoms with Gasteiger partial charge in [-0.1, -0.05) is 18.9 Å². The van der Waals surface area contributed by atoms with E-state index in [9.17, 15) is 26.4 Å². The molecule has 2 atom stereocenters. The normalized spacial score (nSPS) is 25.6. The summed E-state index contributed by atoms with van der Waals surface area (Å²) in [6.45, 7) is 3.83. The maximum Gasteiger partial charge on any atom is 0.490 e. The van der Waals surface area contributed by atoms with Crippen LogP contribution >= 0.6 is 11.3 Å². The van der Waals surface area contributed by atoms with Crippen LogP contribution < -0.4 is 10.0 Å². The molecule has 4 rings (SSSR count). The lowest BCUT2D eigenvalue weighted by Crippen LogP contribution is -2.61. The molecule has 0 aromatic carbocycles. The summed E-state index contributed by atoms with van der Waals surface area (Å²) in [4.78, 5) is 27.4. The molecular weight excluding hydrogens is 521 g/mol. The van der Waals surface area contributed by atoms with E-state index in [1.165, 1.54) is 24.0 Å². The van der Waals surface area contributed by atoms with Crippen molar-refractivity contribution in [2.24, 2.45) is 5.41 Å². The summed E-state index contributed by atoms with van der Waals surface area (Å²) >= 11 is 1.75. The Balaban J connectivity index is 0.000000454. The third kappa shape index (κ3) is 8.05. The van der Waals surface area contributed by atoms with Gasteiger partial charge in [0.05, 0.1) is 6.26 Å². The van der Waals surface area contributed by atoms with E-state index in [0.717, 1.165) is 38.9 Å². The third-order valence-corrected chi connectivity index (χ3v) is 8.50. The second kappa shape index (κ2) is 11.7. The number of nitrogens with one attached hydrogen (secondary N) is 2. The first kappa shape index (κ1) is 28.7. The smallest absolute Gasteiger partial charge is 0.475 e. The van der Waals surface area contributed by atoms with Crippen molar-refractivity contribution in [1.29, 1.82) is 0 Å². The summed E-state index contributed by atoms with van der Waals surface area (Å²) in [5, 5.41) is 12.4. The fraction of sp³-hybridized carbons (Fsp3) is 0.727. The minimum Gasteiger partial charge on any atom is -0.475 e. The Hall–Kier alpha value is -1.90. The molecule has 1 saturated carbocycles. The first-order valence-corrected chi connectivity index (χ1v) is 14.6. The number of sulfonamides is 1. The van der Waals surface area contributed by atoms with Gasteiger partial charge in [-0.3, -0.25) is 4.90 Å². The lowest BCUT2D eigenvalue weighted by atomic mass is 9.75. The topological polar surface area (TPSA) is 119 Å². The number of carbonyl (C=O) groups is 2. The summed E-state index contributed by atoms with van der Waals surface area (Å²) < 4.78 is 58.6. The minimum absolute atomic E-state index is 0.0192. The molecule has 14 heteroatoms. The number of thiophene rings is 1. The molecule has 3 heterocycles. The quantitative estimate of drug-likeness (QED) is 0.515. The number of alkyl halides is 3. The van der Waals surface area contributed by atoms with Crippen molar-refractivity contribution < 1.29 is 36.3 Å². The zero-order chi connectivity index (χ0) is 26.6. The average Bonchev–Trinajstić information content (AvgIpc) is 3.53. The number of carbonyl (C=O) groups excluding carboxylic acids is 1. The molecule has 2 aliphatic heterocycles. The second-order valence-electron chi connectivity index (χ2n) is 9.79. The van der Waals surface area contributed by atoms with Crippen molar-refractivity contribution in [2.75, 3.05) is 32.4 Å². The zero-order valence-corrected chi connectivity index (χ0v) is 21.7. The van der Waals surface area contributed by atoms with Gasteiger partial charge < -0.3 is 15.3 Å². The first-order valence-electron chi connectivity index (χ1n) is 11.8. The first-order chi connectivity index (χ1) is 16.8. The van der Waals surface area contributed by atoms with E-state index in [4.69, 9.17) is 9.90 Å². The van der Waals surface area contributed by atoms with Crippen LogP contribution in [-0.2, 0) is 21.4 Å². The van der Waals surface area contributed by atoms with E-state index in [1.54, 1.807) is 11.3 Å². The van der Waals surface area contributed by atoms with Crippen molar-refractivity contribution >= 4 is 33.4 Å². The van der Waals surface area contributed by atoms with Crippen LogP contribution in [0.15, 0.2) is 17.5 Å². The van der Waals surface area contributed by atoms with Gasteiger partial charge in [-0.05, 0) is 43.7 Å². The molecule has 1 aliphatic carbocycles. The molecule has 36 heavy (non-hydrogen) atoms. The maximum absolute atomic E-state index is 12.9. The van der Waals surface area contributed by atoms with Crippen LogP contribution in [0.4, 0.5) is 18.0 Å². The number of piperidine rings is 1. The number of halogens is 3. The number of hydrogen-bond acceptors (Lipinski definition) is 6. The van der Waals surface area contributed by atoms with Gasteiger partial charge in [0.2, 0.25) is 10.0 Å². The van der Waals surface area contributed by atoms with Crippen molar-refractivity contribution in [3.05, 3.63) is 22.4 Å². The highest BCUT2D eigenvalue weighted by molar-refractivity contribution is 7.88. The molecule has 1 aromatic rings. The Morgan fingerprint density at radius 1 is 1.19 bits per heavy atom. The average molecular weight is 555 g/mol. The molecule has 3 fully saturated rings. The monoisotopic (exact) mass is 554 g/mol. The van der Waals surface area contributed by atoms with Gasteiger partial charge in [0.25, 0.3) is 0 Å². The van der Waals surface area contributed by atoms with Crippen LogP contribution in [0.2, 0.25) is 0 Å². The fourth-order valence-electron chi connectivity index (χ4n) is 5.27. The summed E-state index contributed by atoms with van der Waals surface area (Å²) in [6, 6.07) is 4.40. The van der Waals surface area contributed by atoms with Gasteiger partial charge >= 0.3 is 18.2 Å². The van der Waals surface area contributed by atoms with Gasteiger partial charge in [-0.15, -0.1) is 11.3 Å². The third-order valence-electron chi connectivity index (χ3n) is 6.93. The second-order valence-corrected chi connectivity index (χ2v) is 12.6. The van der Waals surface area contributed by atoms with E-state index in [-0.39, 0.29) is 17.5 Å². The Morgan fingerprint density at radius 3 is 2.42 bits per heavy atom. The number of aliphatic carboxylic acids is 1. The fourth-order valence-corrected chi connectivity index (χ4v) is 6.90. The minimum atomic E-state index is -5.08. The van der Waals surface area contributed by atoms with E-state index >= 15 is 0 Å². The number of amides is 2. The molecule has 2 saturated heterocycles. The van der Waals surface area contributed by atoms with Crippen LogP contribution in [0.3, 0.4) is 0 Å². The zero-order valence-electron chi connectivity index (χ0n) is 20.1. The van der Waals surface area contributed by atoms with Gasteiger partial charge in [0.1, 0.15) is 0 Å². The summed E-state index contributed by atoms with van der Waals surface area (Å²) in [6.07, 6.45) is 2.23. The Bertz CT molecular complexity index is 1000. The van der Waals surface area contributed by atoms with E-state index in [0.29, 0.717) is 25.6 Å². The van der Waals surface area contributed by atoms with Crippen LogP contribution in [0.1, 0.15) is 43.4 Å². The number of likely N-dealkylation sites (tertiary alicyclic amines) is 2. The van der Waals surface area contributed by atoms with Crippen molar-refractivity contribution in [3.63, 3.8) is 0 Å². The highest BCUT2D eigenvalue weighted by Crippen LogP contribution is 2.40. The Labute approximate surface area is 213 Å². The largest absolute Gasteiger partial charge is 0.490 e. The van der Waals surface area contributed by atoms with Crippen molar-refractivity contribution in [2.45, 2.75) is 63.3 Å². The Kier molecular flexibility index (Phi) is 9.28. The number of rotatable bonds is 5. The predicted octanol–water partition coefficient (Wildman–Crippen LogP) is 2.85. The molecule has 9 nitrogen and oxygen atoms in total. The highest BCUT2D eigenvalue weighted by atomic mass is 32.2. The lowest BCUT2D eigenvalue weighted by molar-refractivity contribution is -0.192. The van der Waals surface area contributed by atoms with E-state index in [1.807, 2.05) is 4.90 Å². The van der Waals surface area contributed by atoms with E-state index in [2.05, 4.69) is 32.5 Å². The van der Waals surface area contributed by atoms with Crippen molar-refractivity contribution in [3.8, 4) is 0 Å². The Morgan fingerprint density at radius 2 is 1.86 bits per heavy atom. The molecule has 1 spiro atoms. The maximum atomic E-state index is 12.9. The van der Waals surface area contributed by atoms with Gasteiger partial charge in [-0.2, -0.15) is 13.2 Å². The van der Waals surface area contributed by atoms with E-state index < -0.39 is 22.2 Å². The van der Waals surface area contributed by atoms with Crippen molar-refractivity contribution in [1.82, 2.24) is 19.8 Å². The van der Waals surface area contributed by atoms with Gasteiger partial charge in [-0.25, -0.2) is 22.7 Å². The van der Waals surface area contributed by atoms with Gasteiger partial charge in [0, 0.05) is 48.6 Å². The highest BCUT2D eigenvalue weighted by Gasteiger charge is 2.49. The molecule has 0 bridgehead atoms. The number of urea groups is 1. The molecular formula is C22H33F3N4O5S2. The van der Waals surface area contributed by atoms with Crippen LogP contribution in [-0.4, -0.2) is 86.0 Å².